The molecule has 0 saturated carbocycles. The van der Waals surface area contributed by atoms with Gasteiger partial charge in [-0.3, -0.25) is 9.59 Å². The van der Waals surface area contributed by atoms with E-state index < -0.39 is 0 Å². The summed E-state index contributed by atoms with van der Waals surface area (Å²) in [7, 11) is 0. The van der Waals surface area contributed by atoms with Gasteiger partial charge in [0.25, 0.3) is 11.1 Å². The number of amides is 2. The SMILES string of the molecule is O=C1S/C(=C/c2cccn2-c2cccc(Br)c2)C(=O)N1c1cccc(Cl)c1. The lowest BCUT2D eigenvalue weighted by Crippen LogP contribution is -2.27. The van der Waals surface area contributed by atoms with Crippen LogP contribution in [0.25, 0.3) is 11.8 Å². The number of hydrogen-bond acceptors (Lipinski definition) is 3. The van der Waals surface area contributed by atoms with E-state index in [1.165, 1.54) is 0 Å². The van der Waals surface area contributed by atoms with Crippen LogP contribution in [0, 0.1) is 0 Å². The largest absolute Gasteiger partial charge is 0.317 e. The molecular weight excluding hydrogens is 448 g/mol. The highest BCUT2D eigenvalue weighted by Crippen LogP contribution is 2.36. The predicted octanol–water partition coefficient (Wildman–Crippen LogP) is 6.13. The minimum Gasteiger partial charge on any atom is -0.317 e. The molecule has 4 nitrogen and oxygen atoms in total. The molecule has 0 aliphatic carbocycles. The van der Waals surface area contributed by atoms with Crippen LogP contribution < -0.4 is 4.90 Å². The molecule has 134 valence electrons. The Morgan fingerprint density at radius 2 is 1.74 bits per heavy atom. The van der Waals surface area contributed by atoms with Crippen LogP contribution in [0.3, 0.4) is 0 Å². The molecule has 1 aliphatic heterocycles. The number of imide groups is 1. The van der Waals surface area contributed by atoms with E-state index in [0.717, 1.165) is 32.5 Å². The molecule has 2 amide bonds. The molecule has 0 unspecified atom stereocenters. The summed E-state index contributed by atoms with van der Waals surface area (Å²) in [6.45, 7) is 0. The average molecular weight is 460 g/mol. The van der Waals surface area contributed by atoms with Crippen LogP contribution in [-0.4, -0.2) is 15.7 Å². The second-order valence-corrected chi connectivity index (χ2v) is 8.13. The highest BCUT2D eigenvalue weighted by Gasteiger charge is 2.36. The molecule has 1 aromatic heterocycles. The van der Waals surface area contributed by atoms with Crippen molar-refractivity contribution in [1.29, 1.82) is 0 Å². The molecule has 27 heavy (non-hydrogen) atoms. The quantitative estimate of drug-likeness (QED) is 0.442. The van der Waals surface area contributed by atoms with E-state index in [9.17, 15) is 9.59 Å². The standard InChI is InChI=1S/C20H12BrClN2O2S/c21-13-4-1-6-15(10-13)23-9-3-8-16(23)12-18-19(25)24(20(26)27-18)17-7-2-5-14(22)11-17/h1-12H/b18-12+. The second kappa shape index (κ2) is 7.38. The van der Waals surface area contributed by atoms with Gasteiger partial charge in [-0.25, -0.2) is 4.90 Å². The first kappa shape index (κ1) is 18.1. The summed E-state index contributed by atoms with van der Waals surface area (Å²) in [6.07, 6.45) is 3.64. The van der Waals surface area contributed by atoms with Gasteiger partial charge in [0.2, 0.25) is 0 Å². The first-order valence-corrected chi connectivity index (χ1v) is 9.98. The maximum Gasteiger partial charge on any atom is 0.298 e. The van der Waals surface area contributed by atoms with Crippen molar-refractivity contribution in [3.63, 3.8) is 0 Å². The monoisotopic (exact) mass is 458 g/mol. The van der Waals surface area contributed by atoms with Gasteiger partial charge < -0.3 is 4.57 Å². The lowest BCUT2D eigenvalue weighted by Gasteiger charge is -2.12. The fourth-order valence-electron chi connectivity index (χ4n) is 2.81. The first-order valence-electron chi connectivity index (χ1n) is 8.00. The molecule has 2 heterocycles. The highest BCUT2D eigenvalue weighted by molar-refractivity contribution is 9.10. The molecule has 1 fully saturated rings. The Hall–Kier alpha value is -2.28. The Morgan fingerprint density at radius 3 is 2.52 bits per heavy atom. The van der Waals surface area contributed by atoms with Crippen molar-refractivity contribution >= 4 is 62.2 Å². The normalized spacial score (nSPS) is 15.8. The number of nitrogens with zero attached hydrogens (tertiary/aromatic N) is 2. The van der Waals surface area contributed by atoms with E-state index in [2.05, 4.69) is 15.9 Å². The van der Waals surface area contributed by atoms with Crippen molar-refractivity contribution in [3.05, 3.63) is 87.0 Å². The summed E-state index contributed by atoms with van der Waals surface area (Å²) in [5.41, 5.74) is 2.23. The molecular formula is C20H12BrClN2O2S. The van der Waals surface area contributed by atoms with E-state index in [1.54, 1.807) is 30.3 Å². The van der Waals surface area contributed by atoms with Gasteiger partial charge in [-0.05, 0) is 66.4 Å². The number of thioether (sulfide) groups is 1. The third-order valence-electron chi connectivity index (χ3n) is 4.01. The fraction of sp³-hybridized carbons (Fsp3) is 0. The number of halogens is 2. The maximum absolute atomic E-state index is 12.8. The van der Waals surface area contributed by atoms with Crippen LogP contribution in [0.15, 0.2) is 76.2 Å². The highest BCUT2D eigenvalue weighted by atomic mass is 79.9. The van der Waals surface area contributed by atoms with Crippen molar-refractivity contribution in [3.8, 4) is 5.69 Å². The predicted molar refractivity (Wildman–Crippen MR) is 113 cm³/mol. The van der Waals surface area contributed by atoms with E-state index in [-0.39, 0.29) is 11.1 Å². The van der Waals surface area contributed by atoms with E-state index in [4.69, 9.17) is 11.6 Å². The molecule has 3 aromatic rings. The Balaban J connectivity index is 1.69. The summed E-state index contributed by atoms with van der Waals surface area (Å²) >= 11 is 10.4. The molecule has 2 aromatic carbocycles. The van der Waals surface area contributed by atoms with Gasteiger partial charge in [0, 0.05) is 27.1 Å². The van der Waals surface area contributed by atoms with Crippen LogP contribution in [-0.2, 0) is 4.79 Å². The van der Waals surface area contributed by atoms with Gasteiger partial charge in [0.1, 0.15) is 0 Å². The van der Waals surface area contributed by atoms with Crippen LogP contribution in [0.4, 0.5) is 10.5 Å². The molecule has 0 spiro atoms. The Bertz CT molecular complexity index is 1090. The number of carbonyl (C=O) groups is 2. The molecule has 1 saturated heterocycles. The van der Waals surface area contributed by atoms with E-state index >= 15 is 0 Å². The topological polar surface area (TPSA) is 42.3 Å². The molecule has 4 rings (SSSR count). The average Bonchev–Trinajstić information content (AvgIpc) is 3.20. The van der Waals surface area contributed by atoms with Crippen molar-refractivity contribution < 1.29 is 9.59 Å². The Morgan fingerprint density at radius 1 is 0.963 bits per heavy atom. The number of aromatic nitrogens is 1. The zero-order valence-corrected chi connectivity index (χ0v) is 17.0. The Kier molecular flexibility index (Phi) is 4.95. The minimum atomic E-state index is -0.353. The summed E-state index contributed by atoms with van der Waals surface area (Å²) in [6, 6.07) is 18.3. The molecule has 1 aliphatic rings. The molecule has 7 heteroatoms. The number of carbonyl (C=O) groups excluding carboxylic acids is 2. The molecule has 0 radical (unpaired) electrons. The lowest BCUT2D eigenvalue weighted by atomic mass is 10.2. The van der Waals surface area contributed by atoms with Crippen LogP contribution in [0.1, 0.15) is 5.69 Å². The molecule has 0 N–H and O–H groups in total. The number of benzene rings is 2. The van der Waals surface area contributed by atoms with Crippen molar-refractivity contribution in [1.82, 2.24) is 4.57 Å². The van der Waals surface area contributed by atoms with Gasteiger partial charge in [-0.15, -0.1) is 0 Å². The smallest absolute Gasteiger partial charge is 0.298 e. The number of rotatable bonds is 3. The summed E-state index contributed by atoms with van der Waals surface area (Å²) < 4.78 is 2.92. The van der Waals surface area contributed by atoms with Crippen molar-refractivity contribution in [2.45, 2.75) is 0 Å². The van der Waals surface area contributed by atoms with Gasteiger partial charge in [-0.1, -0.05) is 39.7 Å². The third kappa shape index (κ3) is 3.60. The van der Waals surface area contributed by atoms with Crippen LogP contribution >= 0.6 is 39.3 Å². The number of hydrogen-bond donors (Lipinski definition) is 0. The summed E-state index contributed by atoms with van der Waals surface area (Å²) in [5, 5.41) is 0.133. The Labute approximate surface area is 173 Å². The molecule has 0 bridgehead atoms. The molecule has 0 atom stereocenters. The fourth-order valence-corrected chi connectivity index (χ4v) is 4.21. The second-order valence-electron chi connectivity index (χ2n) is 5.78. The summed E-state index contributed by atoms with van der Waals surface area (Å²) in [4.78, 5) is 26.7. The van der Waals surface area contributed by atoms with Gasteiger partial charge >= 0.3 is 0 Å². The zero-order valence-electron chi connectivity index (χ0n) is 13.8. The van der Waals surface area contributed by atoms with Gasteiger partial charge in [0.15, 0.2) is 0 Å². The summed E-state index contributed by atoms with van der Waals surface area (Å²) in [5.74, 6) is -0.353. The van der Waals surface area contributed by atoms with Crippen LogP contribution in [0.5, 0.6) is 0 Å². The van der Waals surface area contributed by atoms with Crippen LogP contribution in [0.2, 0.25) is 5.02 Å². The van der Waals surface area contributed by atoms with Gasteiger partial charge in [0.05, 0.1) is 10.6 Å². The number of anilines is 1. The zero-order chi connectivity index (χ0) is 19.0. The van der Waals surface area contributed by atoms with Crippen molar-refractivity contribution in [2.75, 3.05) is 4.90 Å². The van der Waals surface area contributed by atoms with Crippen molar-refractivity contribution in [2.24, 2.45) is 0 Å². The third-order valence-corrected chi connectivity index (χ3v) is 5.60. The van der Waals surface area contributed by atoms with E-state index in [0.29, 0.717) is 15.6 Å². The maximum atomic E-state index is 12.8. The lowest BCUT2D eigenvalue weighted by molar-refractivity contribution is -0.113. The minimum absolute atomic E-state index is 0.339. The van der Waals surface area contributed by atoms with Gasteiger partial charge in [-0.2, -0.15) is 0 Å². The van der Waals surface area contributed by atoms with E-state index in [1.807, 2.05) is 47.2 Å². The first-order chi connectivity index (χ1) is 13.0.